The Morgan fingerprint density at radius 1 is 0.381 bits per heavy atom. The van der Waals surface area contributed by atoms with Crippen LogP contribution in [0.5, 0.6) is 0 Å². The second kappa shape index (κ2) is 8.95. The fourth-order valence-electron chi connectivity index (χ4n) is 6.65. The number of rotatable bonds is 3. The Morgan fingerprint density at radius 3 is 1.62 bits per heavy atom. The van der Waals surface area contributed by atoms with Crippen LogP contribution in [0.3, 0.4) is 0 Å². The molecule has 0 fully saturated rings. The average molecular weight is 537 g/mol. The minimum absolute atomic E-state index is 0.841. The Hall–Kier alpha value is -5.60. The van der Waals surface area contributed by atoms with E-state index in [1.807, 2.05) is 12.1 Å². The van der Waals surface area contributed by atoms with Crippen LogP contribution in [0.1, 0.15) is 0 Å². The molecule has 0 amide bonds. The van der Waals surface area contributed by atoms with E-state index >= 15 is 0 Å². The van der Waals surface area contributed by atoms with Crippen molar-refractivity contribution in [2.75, 3.05) is 0 Å². The van der Waals surface area contributed by atoms with Crippen LogP contribution in [0.4, 0.5) is 0 Å². The Morgan fingerprint density at radius 2 is 0.929 bits per heavy atom. The van der Waals surface area contributed by atoms with Crippen LogP contribution in [0.2, 0.25) is 0 Å². The van der Waals surface area contributed by atoms with E-state index < -0.39 is 0 Å². The second-order valence-electron chi connectivity index (χ2n) is 10.9. The second-order valence-corrected chi connectivity index (χ2v) is 10.9. The fourth-order valence-corrected chi connectivity index (χ4v) is 6.65. The van der Waals surface area contributed by atoms with E-state index in [4.69, 9.17) is 8.83 Å². The number of fused-ring (bicyclic) bond motifs is 7. The molecule has 0 atom stereocenters. The summed E-state index contributed by atoms with van der Waals surface area (Å²) in [6, 6.07) is 49.7. The molecule has 196 valence electrons. The largest absolute Gasteiger partial charge is 0.464 e. The predicted octanol–water partition coefficient (Wildman–Crippen LogP) is 11.6. The minimum Gasteiger partial charge on any atom is -0.464 e. The lowest BCUT2D eigenvalue weighted by Gasteiger charge is -2.18. The zero-order chi connectivity index (χ0) is 27.6. The van der Waals surface area contributed by atoms with Crippen molar-refractivity contribution in [3.63, 3.8) is 0 Å². The van der Waals surface area contributed by atoms with Crippen LogP contribution in [-0.2, 0) is 0 Å². The summed E-state index contributed by atoms with van der Waals surface area (Å²) >= 11 is 0. The van der Waals surface area contributed by atoms with Crippen LogP contribution >= 0.6 is 0 Å². The molecule has 0 unspecified atom stereocenters. The third kappa shape index (κ3) is 3.39. The molecule has 0 aliphatic heterocycles. The molecule has 9 rings (SSSR count). The molecule has 0 aliphatic carbocycles. The van der Waals surface area contributed by atoms with E-state index in [2.05, 4.69) is 127 Å². The van der Waals surface area contributed by atoms with Gasteiger partial charge in [-0.3, -0.25) is 0 Å². The van der Waals surface area contributed by atoms with Gasteiger partial charge in [0.15, 0.2) is 0 Å². The van der Waals surface area contributed by atoms with Crippen LogP contribution in [0.15, 0.2) is 155 Å². The van der Waals surface area contributed by atoms with E-state index in [9.17, 15) is 0 Å². The van der Waals surface area contributed by atoms with Gasteiger partial charge in [0.25, 0.3) is 0 Å². The lowest BCUT2D eigenvalue weighted by atomic mass is 9.85. The summed E-state index contributed by atoms with van der Waals surface area (Å²) in [5.74, 6) is 0. The van der Waals surface area contributed by atoms with Gasteiger partial charge in [0.2, 0.25) is 0 Å². The van der Waals surface area contributed by atoms with Gasteiger partial charge in [-0.2, -0.15) is 0 Å². The maximum Gasteiger partial charge on any atom is 0.145 e. The number of benzene rings is 7. The molecule has 7 aromatic carbocycles. The van der Waals surface area contributed by atoms with Gasteiger partial charge in [-0.1, -0.05) is 109 Å². The van der Waals surface area contributed by atoms with Gasteiger partial charge in [-0.05, 0) is 85.3 Å². The van der Waals surface area contributed by atoms with E-state index in [1.54, 1.807) is 6.26 Å². The number of hydrogen-bond donors (Lipinski definition) is 0. The number of hydrogen-bond acceptors (Lipinski definition) is 2. The highest BCUT2D eigenvalue weighted by atomic mass is 16.3. The topological polar surface area (TPSA) is 26.3 Å². The monoisotopic (exact) mass is 536 g/mol. The van der Waals surface area contributed by atoms with Crippen molar-refractivity contribution in [1.82, 2.24) is 0 Å². The molecule has 42 heavy (non-hydrogen) atoms. The molecule has 2 heterocycles. The van der Waals surface area contributed by atoms with Crippen LogP contribution in [-0.4, -0.2) is 0 Å². The first-order chi connectivity index (χ1) is 20.8. The molecule has 2 heteroatoms. The quantitative estimate of drug-likeness (QED) is 0.210. The van der Waals surface area contributed by atoms with Gasteiger partial charge in [0.05, 0.1) is 11.6 Å². The Bertz CT molecular complexity index is 2380. The van der Waals surface area contributed by atoms with Crippen molar-refractivity contribution >= 4 is 54.5 Å². The highest BCUT2D eigenvalue weighted by Crippen LogP contribution is 2.45. The molecule has 0 saturated heterocycles. The van der Waals surface area contributed by atoms with Crippen molar-refractivity contribution < 1.29 is 8.83 Å². The predicted molar refractivity (Wildman–Crippen MR) is 175 cm³/mol. The summed E-state index contributed by atoms with van der Waals surface area (Å²) in [5, 5.41) is 8.11. The molecule has 2 nitrogen and oxygen atoms in total. The van der Waals surface area contributed by atoms with Gasteiger partial charge >= 0.3 is 0 Å². The lowest BCUT2D eigenvalue weighted by molar-refractivity contribution is 0.618. The van der Waals surface area contributed by atoms with Crippen LogP contribution in [0, 0.1) is 0 Å². The summed E-state index contributed by atoms with van der Waals surface area (Å²) in [5.41, 5.74) is 9.88. The first-order valence-corrected chi connectivity index (χ1v) is 14.3. The standard InChI is InChI=1S/C40H24O2/c1-2-8-25(9-3-1)26-14-16-27(17-15-26)37-30-10-4-6-12-32(30)38(33-13-7-5-11-31(33)37)29-19-20-35-34(24-29)39-36(42-35)21-18-28-22-23-41-40(28)39/h1-24H. The minimum atomic E-state index is 0.841. The fraction of sp³-hybridized carbons (Fsp3) is 0. The molecule has 0 spiro atoms. The van der Waals surface area contributed by atoms with E-state index in [0.29, 0.717) is 0 Å². The van der Waals surface area contributed by atoms with Crippen molar-refractivity contribution in [2.24, 2.45) is 0 Å². The van der Waals surface area contributed by atoms with E-state index in [1.165, 1.54) is 49.4 Å². The van der Waals surface area contributed by atoms with Gasteiger partial charge < -0.3 is 8.83 Å². The lowest BCUT2D eigenvalue weighted by Crippen LogP contribution is -1.91. The SMILES string of the molecule is c1ccc(-c2ccc(-c3c4ccccc4c(-c4ccc5oc6ccc7ccoc7c6c5c4)c4ccccc34)cc2)cc1. The number of furan rings is 2. The first-order valence-electron chi connectivity index (χ1n) is 14.3. The van der Waals surface area contributed by atoms with Gasteiger partial charge in [-0.15, -0.1) is 0 Å². The normalized spacial score (nSPS) is 11.8. The summed E-state index contributed by atoms with van der Waals surface area (Å²) in [6.45, 7) is 0. The summed E-state index contributed by atoms with van der Waals surface area (Å²) in [4.78, 5) is 0. The van der Waals surface area contributed by atoms with Crippen molar-refractivity contribution in [2.45, 2.75) is 0 Å². The molecule has 0 N–H and O–H groups in total. The molecule has 9 aromatic rings. The smallest absolute Gasteiger partial charge is 0.145 e. The maximum absolute atomic E-state index is 6.25. The van der Waals surface area contributed by atoms with Gasteiger partial charge in [0.1, 0.15) is 16.7 Å². The Labute approximate surface area is 242 Å². The zero-order valence-corrected chi connectivity index (χ0v) is 22.7. The Balaban J connectivity index is 1.32. The van der Waals surface area contributed by atoms with Gasteiger partial charge in [0, 0.05) is 10.8 Å². The van der Waals surface area contributed by atoms with Crippen LogP contribution in [0.25, 0.3) is 87.8 Å². The molecular formula is C40H24O2. The third-order valence-electron chi connectivity index (χ3n) is 8.55. The van der Waals surface area contributed by atoms with E-state index in [0.717, 1.165) is 38.5 Å². The maximum atomic E-state index is 6.25. The molecule has 0 saturated carbocycles. The molecular weight excluding hydrogens is 512 g/mol. The average Bonchev–Trinajstić information content (AvgIpc) is 3.68. The van der Waals surface area contributed by atoms with Crippen LogP contribution < -0.4 is 0 Å². The highest BCUT2D eigenvalue weighted by Gasteiger charge is 2.19. The summed E-state index contributed by atoms with van der Waals surface area (Å²) < 4.78 is 12.2. The van der Waals surface area contributed by atoms with Crippen molar-refractivity contribution in [1.29, 1.82) is 0 Å². The molecule has 0 bridgehead atoms. The third-order valence-corrected chi connectivity index (χ3v) is 8.55. The van der Waals surface area contributed by atoms with Crippen molar-refractivity contribution in [3.8, 4) is 33.4 Å². The van der Waals surface area contributed by atoms with Gasteiger partial charge in [-0.25, -0.2) is 0 Å². The Kier molecular flexibility index (Phi) is 4.93. The molecule has 0 aliphatic rings. The molecule has 2 aromatic heterocycles. The molecule has 0 radical (unpaired) electrons. The zero-order valence-electron chi connectivity index (χ0n) is 22.7. The summed E-state index contributed by atoms with van der Waals surface area (Å²) in [6.07, 6.45) is 1.75. The highest BCUT2D eigenvalue weighted by molar-refractivity contribution is 6.23. The first kappa shape index (κ1) is 23.1. The van der Waals surface area contributed by atoms with Crippen molar-refractivity contribution in [3.05, 3.63) is 146 Å². The summed E-state index contributed by atoms with van der Waals surface area (Å²) in [7, 11) is 0. The van der Waals surface area contributed by atoms with E-state index in [-0.39, 0.29) is 0 Å².